The Kier molecular flexibility index (Phi) is 4.90. The second kappa shape index (κ2) is 6.85. The topological polar surface area (TPSA) is 58.4 Å². The standard InChI is InChI=1S/C16H18FN3O/c1-20(11-13-3-2-4-14(17)9-13)16(21)19-15-7-5-12(10-18)6-8-15/h2-9H,10-11,18H2,1H3,(H,19,21). The van der Waals surface area contributed by atoms with Crippen molar-refractivity contribution < 1.29 is 9.18 Å². The number of hydrogen-bond donors (Lipinski definition) is 2. The Morgan fingerprint density at radius 2 is 1.90 bits per heavy atom. The van der Waals surface area contributed by atoms with Gasteiger partial charge in [0.15, 0.2) is 0 Å². The molecule has 0 atom stereocenters. The van der Waals surface area contributed by atoms with Crippen molar-refractivity contribution in [2.75, 3.05) is 12.4 Å². The average molecular weight is 287 g/mol. The van der Waals surface area contributed by atoms with E-state index in [2.05, 4.69) is 5.32 Å². The predicted octanol–water partition coefficient (Wildman–Crippen LogP) is 2.95. The lowest BCUT2D eigenvalue weighted by Crippen LogP contribution is -2.30. The number of carbonyl (C=O) groups excluding carboxylic acids is 1. The summed E-state index contributed by atoms with van der Waals surface area (Å²) in [4.78, 5) is 13.5. The summed E-state index contributed by atoms with van der Waals surface area (Å²) < 4.78 is 13.1. The highest BCUT2D eigenvalue weighted by Gasteiger charge is 2.09. The minimum absolute atomic E-state index is 0.250. The molecule has 0 spiro atoms. The molecule has 2 rings (SSSR count). The van der Waals surface area contributed by atoms with Crippen LogP contribution in [0.5, 0.6) is 0 Å². The molecule has 0 radical (unpaired) electrons. The minimum atomic E-state index is -0.307. The molecule has 0 aromatic heterocycles. The smallest absolute Gasteiger partial charge is 0.321 e. The van der Waals surface area contributed by atoms with Crippen molar-refractivity contribution in [2.24, 2.45) is 5.73 Å². The van der Waals surface area contributed by atoms with Crippen LogP contribution in [0.2, 0.25) is 0 Å². The number of urea groups is 1. The summed E-state index contributed by atoms with van der Waals surface area (Å²) >= 11 is 0. The van der Waals surface area contributed by atoms with Gasteiger partial charge in [-0.2, -0.15) is 0 Å². The van der Waals surface area contributed by atoms with Gasteiger partial charge in [-0.05, 0) is 35.4 Å². The van der Waals surface area contributed by atoms with Gasteiger partial charge in [0.05, 0.1) is 0 Å². The van der Waals surface area contributed by atoms with Crippen LogP contribution >= 0.6 is 0 Å². The molecule has 0 heterocycles. The number of hydrogen-bond acceptors (Lipinski definition) is 2. The molecule has 2 aromatic rings. The van der Waals surface area contributed by atoms with E-state index in [0.717, 1.165) is 11.1 Å². The van der Waals surface area contributed by atoms with Crippen molar-refractivity contribution in [3.8, 4) is 0 Å². The van der Waals surface area contributed by atoms with Gasteiger partial charge in [-0.25, -0.2) is 9.18 Å². The zero-order valence-electron chi connectivity index (χ0n) is 11.8. The maximum atomic E-state index is 13.1. The third-order valence-electron chi connectivity index (χ3n) is 3.10. The minimum Gasteiger partial charge on any atom is -0.326 e. The molecule has 0 fully saturated rings. The van der Waals surface area contributed by atoms with Crippen molar-refractivity contribution in [3.63, 3.8) is 0 Å². The Hall–Kier alpha value is -2.40. The lowest BCUT2D eigenvalue weighted by molar-refractivity contribution is 0.220. The van der Waals surface area contributed by atoms with E-state index in [-0.39, 0.29) is 11.8 Å². The number of nitrogens with two attached hydrogens (primary N) is 1. The summed E-state index contributed by atoms with van der Waals surface area (Å²) in [5.74, 6) is -0.307. The molecule has 4 nitrogen and oxygen atoms in total. The van der Waals surface area contributed by atoms with Gasteiger partial charge in [-0.15, -0.1) is 0 Å². The highest BCUT2D eigenvalue weighted by atomic mass is 19.1. The van der Waals surface area contributed by atoms with Gasteiger partial charge in [-0.3, -0.25) is 0 Å². The Balaban J connectivity index is 1.95. The molecule has 2 amide bonds. The molecule has 0 saturated carbocycles. The maximum absolute atomic E-state index is 13.1. The lowest BCUT2D eigenvalue weighted by Gasteiger charge is -2.18. The van der Waals surface area contributed by atoms with Crippen LogP contribution in [0.4, 0.5) is 14.9 Å². The number of nitrogens with one attached hydrogen (secondary N) is 1. The molecular formula is C16H18FN3O. The van der Waals surface area contributed by atoms with E-state index in [1.807, 2.05) is 12.1 Å². The van der Waals surface area contributed by atoms with E-state index in [4.69, 9.17) is 5.73 Å². The number of benzene rings is 2. The zero-order valence-corrected chi connectivity index (χ0v) is 11.8. The maximum Gasteiger partial charge on any atom is 0.321 e. The number of carbonyl (C=O) groups is 1. The second-order valence-corrected chi connectivity index (χ2v) is 4.82. The first kappa shape index (κ1) is 15.0. The largest absolute Gasteiger partial charge is 0.326 e. The Bertz CT molecular complexity index is 613. The summed E-state index contributed by atoms with van der Waals surface area (Å²) in [6.07, 6.45) is 0. The van der Waals surface area contributed by atoms with Gasteiger partial charge in [0.25, 0.3) is 0 Å². The SMILES string of the molecule is CN(Cc1cccc(F)c1)C(=O)Nc1ccc(CN)cc1. The summed E-state index contributed by atoms with van der Waals surface area (Å²) in [6, 6.07) is 13.3. The fourth-order valence-electron chi connectivity index (χ4n) is 1.92. The predicted molar refractivity (Wildman–Crippen MR) is 81.2 cm³/mol. The van der Waals surface area contributed by atoms with Gasteiger partial charge in [0, 0.05) is 25.8 Å². The molecule has 2 aromatic carbocycles. The molecule has 0 aliphatic heterocycles. The van der Waals surface area contributed by atoms with Crippen molar-refractivity contribution in [3.05, 3.63) is 65.5 Å². The van der Waals surface area contributed by atoms with Gasteiger partial charge in [-0.1, -0.05) is 24.3 Å². The van der Waals surface area contributed by atoms with Gasteiger partial charge >= 0.3 is 6.03 Å². The Labute approximate surface area is 123 Å². The summed E-state index contributed by atoms with van der Waals surface area (Å²) in [5, 5.41) is 2.78. The first-order valence-electron chi connectivity index (χ1n) is 6.64. The third kappa shape index (κ3) is 4.29. The number of amides is 2. The number of anilines is 1. The highest BCUT2D eigenvalue weighted by molar-refractivity contribution is 5.89. The molecule has 110 valence electrons. The average Bonchev–Trinajstić information content (AvgIpc) is 2.48. The van der Waals surface area contributed by atoms with Crippen LogP contribution < -0.4 is 11.1 Å². The molecule has 0 saturated heterocycles. The molecule has 3 N–H and O–H groups in total. The monoisotopic (exact) mass is 287 g/mol. The first-order chi connectivity index (χ1) is 10.1. The van der Waals surface area contributed by atoms with E-state index in [1.165, 1.54) is 17.0 Å². The summed E-state index contributed by atoms with van der Waals surface area (Å²) in [6.45, 7) is 0.804. The van der Waals surface area contributed by atoms with Gasteiger partial charge in [0.1, 0.15) is 5.82 Å². The molecule has 0 bridgehead atoms. The molecule has 5 heteroatoms. The van der Waals surface area contributed by atoms with Crippen LogP contribution in [-0.2, 0) is 13.1 Å². The summed E-state index contributed by atoms with van der Waals surface area (Å²) in [5.41, 5.74) is 7.96. The lowest BCUT2D eigenvalue weighted by atomic mass is 10.2. The number of halogens is 1. The molecule has 21 heavy (non-hydrogen) atoms. The summed E-state index contributed by atoms with van der Waals surface area (Å²) in [7, 11) is 1.66. The molecule has 0 aliphatic carbocycles. The van der Waals surface area contributed by atoms with Crippen LogP contribution in [-0.4, -0.2) is 18.0 Å². The quantitative estimate of drug-likeness (QED) is 0.908. The van der Waals surface area contributed by atoms with Crippen LogP contribution in [0.25, 0.3) is 0 Å². The van der Waals surface area contributed by atoms with E-state index >= 15 is 0 Å². The van der Waals surface area contributed by atoms with Crippen molar-refractivity contribution in [2.45, 2.75) is 13.1 Å². The normalized spacial score (nSPS) is 10.2. The van der Waals surface area contributed by atoms with Crippen LogP contribution in [0, 0.1) is 5.82 Å². The van der Waals surface area contributed by atoms with Crippen LogP contribution in [0.15, 0.2) is 48.5 Å². The van der Waals surface area contributed by atoms with E-state index in [9.17, 15) is 9.18 Å². The first-order valence-corrected chi connectivity index (χ1v) is 6.64. The fourth-order valence-corrected chi connectivity index (χ4v) is 1.92. The van der Waals surface area contributed by atoms with E-state index in [0.29, 0.717) is 18.8 Å². The van der Waals surface area contributed by atoms with E-state index in [1.54, 1.807) is 31.3 Å². The van der Waals surface area contributed by atoms with Gasteiger partial charge in [0.2, 0.25) is 0 Å². The molecule has 0 aliphatic rings. The molecule has 0 unspecified atom stereocenters. The number of nitrogens with zero attached hydrogens (tertiary/aromatic N) is 1. The zero-order chi connectivity index (χ0) is 15.2. The van der Waals surface area contributed by atoms with E-state index < -0.39 is 0 Å². The third-order valence-corrected chi connectivity index (χ3v) is 3.10. The van der Waals surface area contributed by atoms with Crippen molar-refractivity contribution in [1.82, 2.24) is 4.90 Å². The van der Waals surface area contributed by atoms with Crippen LogP contribution in [0.3, 0.4) is 0 Å². The van der Waals surface area contributed by atoms with Crippen molar-refractivity contribution >= 4 is 11.7 Å². The second-order valence-electron chi connectivity index (χ2n) is 4.82. The Morgan fingerprint density at radius 1 is 1.19 bits per heavy atom. The molecular weight excluding hydrogens is 269 g/mol. The highest BCUT2D eigenvalue weighted by Crippen LogP contribution is 2.11. The van der Waals surface area contributed by atoms with Crippen molar-refractivity contribution in [1.29, 1.82) is 0 Å². The van der Waals surface area contributed by atoms with Gasteiger partial charge < -0.3 is 16.0 Å². The Morgan fingerprint density at radius 3 is 2.52 bits per heavy atom. The number of rotatable bonds is 4. The van der Waals surface area contributed by atoms with Crippen LogP contribution in [0.1, 0.15) is 11.1 Å². The fraction of sp³-hybridized carbons (Fsp3) is 0.188.